The van der Waals surface area contributed by atoms with Gasteiger partial charge in [-0.2, -0.15) is 5.10 Å². The SMILES string of the molecule is COc1ccc2c(O[C@@H]3CC4C(=O)N[C@]5(C(=O)NS(=O)(=O)C6CC6)CC5/C=C\CCCCC[C@H](NC(=O)c5ccn(CC(F)F)n5)C(=O)N4C3)cc(OC(C)C)nc2c1C. The van der Waals surface area contributed by atoms with Crippen LogP contribution in [0.5, 0.6) is 17.4 Å². The number of allylic oxidation sites excluding steroid dienone is 1. The van der Waals surface area contributed by atoms with E-state index in [2.05, 4.69) is 20.5 Å². The number of halogens is 2. The summed E-state index contributed by atoms with van der Waals surface area (Å²) in [6, 6.07) is 4.14. The van der Waals surface area contributed by atoms with Gasteiger partial charge in [0.15, 0.2) is 0 Å². The number of carbonyl (C=O) groups is 4. The normalized spacial score (nSPS) is 25.4. The minimum Gasteiger partial charge on any atom is -0.496 e. The van der Waals surface area contributed by atoms with Crippen LogP contribution in [0.2, 0.25) is 0 Å². The first kappa shape index (κ1) is 42.8. The highest BCUT2D eigenvalue weighted by Crippen LogP contribution is 2.46. The van der Waals surface area contributed by atoms with Gasteiger partial charge in [0.25, 0.3) is 18.2 Å². The Morgan fingerprint density at radius 3 is 2.58 bits per heavy atom. The van der Waals surface area contributed by atoms with Gasteiger partial charge in [0, 0.05) is 35.6 Å². The fourth-order valence-corrected chi connectivity index (χ4v) is 9.33. The number of benzene rings is 1. The molecular formula is C41H51F2N7O9S. The first-order valence-corrected chi connectivity index (χ1v) is 21.9. The number of carbonyl (C=O) groups excluding carboxylic acids is 4. The molecule has 16 nitrogen and oxygen atoms in total. The van der Waals surface area contributed by atoms with Gasteiger partial charge in [-0.1, -0.05) is 25.0 Å². The van der Waals surface area contributed by atoms with E-state index in [1.807, 2.05) is 32.9 Å². The summed E-state index contributed by atoms with van der Waals surface area (Å²) in [5, 5.41) is 9.51. The van der Waals surface area contributed by atoms with Gasteiger partial charge in [-0.05, 0) is 77.5 Å². The lowest BCUT2D eigenvalue weighted by atomic mass is 10.0. The average molecular weight is 856 g/mol. The molecule has 2 saturated carbocycles. The maximum Gasteiger partial charge on any atom is 0.272 e. The number of fused-ring (bicyclic) bond motifs is 3. The van der Waals surface area contributed by atoms with Gasteiger partial charge in [0.05, 0.1) is 30.5 Å². The summed E-state index contributed by atoms with van der Waals surface area (Å²) in [7, 11) is -2.40. The summed E-state index contributed by atoms with van der Waals surface area (Å²) >= 11 is 0. The zero-order chi connectivity index (χ0) is 42.9. The molecule has 0 spiro atoms. The molecule has 5 atom stereocenters. The van der Waals surface area contributed by atoms with Gasteiger partial charge in [0.2, 0.25) is 27.7 Å². The van der Waals surface area contributed by atoms with Crippen molar-refractivity contribution >= 4 is 44.6 Å². The standard InChI is InChI=1S/C41H51F2N7O9S/c1-23(2)58-35-19-33(28-14-15-32(57-4)24(3)36(28)45-35)59-26-18-31-38(52)46-41(40(54)48-60(55,56)27-12-13-27)20-25(41)10-8-6-5-7-9-11-30(39(53)50(31)21-26)44-37(51)29-16-17-49(47-29)22-34(42)43/h8,10,14-17,19,23,25-27,30-31,34H,5-7,9,11-13,18,20-22H2,1-4H3,(H,44,51)(H,46,52)(H,48,54)/b10-8-/t25?,26-,30+,31?,41-/m1/s1. The number of aryl methyl sites for hydroxylation is 1. The lowest BCUT2D eigenvalue weighted by Crippen LogP contribution is -2.58. The molecule has 2 aromatic heterocycles. The Hall–Kier alpha value is -5.33. The van der Waals surface area contributed by atoms with Crippen LogP contribution in [0.3, 0.4) is 0 Å². The highest BCUT2D eigenvalue weighted by Gasteiger charge is 2.62. The summed E-state index contributed by atoms with van der Waals surface area (Å²) in [5.41, 5.74) is -0.439. The smallest absolute Gasteiger partial charge is 0.272 e. The van der Waals surface area contributed by atoms with Crippen molar-refractivity contribution in [3.05, 3.63) is 53.9 Å². The number of alkyl halides is 2. The van der Waals surface area contributed by atoms with Crippen LogP contribution in [0.1, 0.15) is 87.7 Å². The molecule has 2 aliphatic heterocycles. The highest BCUT2D eigenvalue weighted by molar-refractivity contribution is 7.91. The summed E-state index contributed by atoms with van der Waals surface area (Å²) in [6.45, 7) is 4.75. The Morgan fingerprint density at radius 1 is 1.08 bits per heavy atom. The number of amides is 4. The maximum atomic E-state index is 14.7. The van der Waals surface area contributed by atoms with E-state index in [-0.39, 0.29) is 43.5 Å². The van der Waals surface area contributed by atoms with E-state index in [4.69, 9.17) is 19.2 Å². The Kier molecular flexibility index (Phi) is 12.4. The van der Waals surface area contributed by atoms with Crippen molar-refractivity contribution in [3.63, 3.8) is 0 Å². The molecule has 3 aromatic rings. The molecule has 0 radical (unpaired) electrons. The number of pyridine rings is 1. The third-order valence-corrected chi connectivity index (χ3v) is 13.2. The van der Waals surface area contributed by atoms with Crippen molar-refractivity contribution in [2.75, 3.05) is 13.7 Å². The monoisotopic (exact) mass is 855 g/mol. The fourth-order valence-electron chi connectivity index (χ4n) is 7.96. The minimum atomic E-state index is -3.95. The molecule has 4 aliphatic rings. The second kappa shape index (κ2) is 17.3. The van der Waals surface area contributed by atoms with E-state index in [0.717, 1.165) is 10.2 Å². The van der Waals surface area contributed by atoms with Crippen LogP contribution < -0.4 is 29.6 Å². The molecule has 7 rings (SSSR count). The Bertz CT molecular complexity index is 2280. The highest BCUT2D eigenvalue weighted by atomic mass is 32.2. The van der Waals surface area contributed by atoms with Gasteiger partial charge in [0.1, 0.15) is 47.5 Å². The van der Waals surface area contributed by atoms with E-state index >= 15 is 0 Å². The second-order valence-corrected chi connectivity index (χ2v) is 18.2. The molecule has 19 heteroatoms. The lowest BCUT2D eigenvalue weighted by Gasteiger charge is -2.29. The number of ether oxygens (including phenoxy) is 3. The van der Waals surface area contributed by atoms with E-state index < -0.39 is 81.5 Å². The number of methoxy groups -OCH3 is 1. The number of aromatic nitrogens is 3. The molecule has 1 saturated heterocycles. The van der Waals surface area contributed by atoms with Crippen LogP contribution >= 0.6 is 0 Å². The molecule has 2 unspecified atom stereocenters. The summed E-state index contributed by atoms with van der Waals surface area (Å²) in [5.74, 6) is -2.12. The number of rotatable bonds is 12. The molecule has 4 amide bonds. The molecular weight excluding hydrogens is 805 g/mol. The van der Waals surface area contributed by atoms with E-state index in [9.17, 15) is 36.4 Å². The molecule has 4 heterocycles. The summed E-state index contributed by atoms with van der Waals surface area (Å²) in [4.78, 5) is 62.7. The molecule has 60 heavy (non-hydrogen) atoms. The zero-order valence-corrected chi connectivity index (χ0v) is 34.8. The predicted octanol–water partition coefficient (Wildman–Crippen LogP) is 3.95. The quantitative estimate of drug-likeness (QED) is 0.223. The minimum absolute atomic E-state index is 0.0336. The third-order valence-electron chi connectivity index (χ3n) is 11.3. The van der Waals surface area contributed by atoms with Crippen molar-refractivity contribution in [1.29, 1.82) is 0 Å². The molecule has 0 bridgehead atoms. The molecule has 3 fully saturated rings. The molecule has 2 aliphatic carbocycles. The predicted molar refractivity (Wildman–Crippen MR) is 214 cm³/mol. The largest absolute Gasteiger partial charge is 0.496 e. The molecule has 324 valence electrons. The van der Waals surface area contributed by atoms with E-state index in [1.54, 1.807) is 25.3 Å². The summed E-state index contributed by atoms with van der Waals surface area (Å²) in [6.07, 6.45) is 5.00. The number of hydrogen-bond donors (Lipinski definition) is 3. The van der Waals surface area contributed by atoms with Crippen LogP contribution in [0, 0.1) is 12.8 Å². The third kappa shape index (κ3) is 9.34. The zero-order valence-electron chi connectivity index (χ0n) is 34.0. The fraction of sp³-hybridized carbons (Fsp3) is 0.561. The van der Waals surface area contributed by atoms with Gasteiger partial charge < -0.3 is 29.7 Å². The Balaban J connectivity index is 1.22. The first-order chi connectivity index (χ1) is 28.6. The second-order valence-electron chi connectivity index (χ2n) is 16.2. The average Bonchev–Trinajstić information content (AvgIpc) is 4.07. The van der Waals surface area contributed by atoms with Crippen molar-refractivity contribution in [1.82, 2.24) is 35.0 Å². The van der Waals surface area contributed by atoms with Crippen molar-refractivity contribution in [3.8, 4) is 17.4 Å². The van der Waals surface area contributed by atoms with Crippen molar-refractivity contribution in [2.45, 2.75) is 127 Å². The van der Waals surface area contributed by atoms with E-state index in [0.29, 0.717) is 60.9 Å². The number of sulfonamides is 1. The van der Waals surface area contributed by atoms with Crippen LogP contribution in [0.4, 0.5) is 8.78 Å². The van der Waals surface area contributed by atoms with Crippen LogP contribution in [0.15, 0.2) is 42.6 Å². The van der Waals surface area contributed by atoms with Crippen LogP contribution in [-0.4, -0.2) is 107 Å². The maximum absolute atomic E-state index is 14.7. The van der Waals surface area contributed by atoms with Gasteiger partial charge >= 0.3 is 0 Å². The summed E-state index contributed by atoms with van der Waals surface area (Å²) < 4.78 is 73.2. The van der Waals surface area contributed by atoms with Crippen molar-refractivity contribution < 1.29 is 50.6 Å². The number of nitrogens with zero attached hydrogens (tertiary/aromatic N) is 4. The number of hydrogen-bond acceptors (Lipinski definition) is 11. The van der Waals surface area contributed by atoms with Gasteiger partial charge in [-0.15, -0.1) is 0 Å². The van der Waals surface area contributed by atoms with Crippen molar-refractivity contribution in [2.24, 2.45) is 5.92 Å². The number of nitrogens with one attached hydrogen (secondary N) is 3. The van der Waals surface area contributed by atoms with Gasteiger partial charge in [-0.3, -0.25) is 28.6 Å². The van der Waals surface area contributed by atoms with Gasteiger partial charge in [-0.25, -0.2) is 22.2 Å². The van der Waals surface area contributed by atoms with E-state index in [1.165, 1.54) is 17.2 Å². The van der Waals surface area contributed by atoms with Crippen LogP contribution in [-0.2, 0) is 31.0 Å². The molecule has 1 aromatic carbocycles. The first-order valence-electron chi connectivity index (χ1n) is 20.4. The Labute approximate surface area is 346 Å². The topological polar surface area (TPSA) is 200 Å². The lowest BCUT2D eigenvalue weighted by molar-refractivity contribution is -0.141. The Morgan fingerprint density at radius 2 is 1.87 bits per heavy atom. The molecule has 3 N–H and O–H groups in total. The van der Waals surface area contributed by atoms with Crippen LogP contribution in [0.25, 0.3) is 10.9 Å².